The molecule has 1 aliphatic heterocycles. The summed E-state index contributed by atoms with van der Waals surface area (Å²) in [4.78, 5) is 32.7. The lowest BCUT2D eigenvalue weighted by atomic mass is 9.95. The van der Waals surface area contributed by atoms with Crippen LogP contribution in [0.15, 0.2) is 48.2 Å². The SMILES string of the molecule is COCCCN1C(=O)C(=O)/C(=C(/O)c2c(C)nc3ccccn23)C1c1ccc(OCCC(C)C)c(OC)c1. The van der Waals surface area contributed by atoms with Gasteiger partial charge in [0, 0.05) is 26.5 Å². The second-order valence-electron chi connectivity index (χ2n) is 9.75. The topological polar surface area (TPSA) is 103 Å². The molecule has 0 spiro atoms. The molecule has 0 radical (unpaired) electrons. The summed E-state index contributed by atoms with van der Waals surface area (Å²) in [7, 11) is 3.13. The lowest BCUT2D eigenvalue weighted by Gasteiger charge is -2.26. The summed E-state index contributed by atoms with van der Waals surface area (Å²) in [6.07, 6.45) is 3.19. The van der Waals surface area contributed by atoms with Crippen LogP contribution >= 0.6 is 0 Å². The third kappa shape index (κ3) is 5.24. The van der Waals surface area contributed by atoms with E-state index in [0.717, 1.165) is 6.42 Å². The summed E-state index contributed by atoms with van der Waals surface area (Å²) in [5, 5.41) is 11.6. The quantitative estimate of drug-likeness (QED) is 0.171. The van der Waals surface area contributed by atoms with Gasteiger partial charge in [0.15, 0.2) is 17.3 Å². The Balaban J connectivity index is 1.83. The van der Waals surface area contributed by atoms with Crippen molar-refractivity contribution in [2.24, 2.45) is 5.92 Å². The van der Waals surface area contributed by atoms with Crippen LogP contribution in [0.4, 0.5) is 0 Å². The zero-order valence-electron chi connectivity index (χ0n) is 22.6. The number of methoxy groups -OCH3 is 2. The van der Waals surface area contributed by atoms with Gasteiger partial charge in [0.05, 0.1) is 31.0 Å². The monoisotopic (exact) mass is 521 g/mol. The molecule has 1 fully saturated rings. The summed E-state index contributed by atoms with van der Waals surface area (Å²) in [5.41, 5.74) is 2.19. The van der Waals surface area contributed by atoms with Gasteiger partial charge >= 0.3 is 0 Å². The van der Waals surface area contributed by atoms with Crippen LogP contribution in [0, 0.1) is 12.8 Å². The number of benzene rings is 1. The summed E-state index contributed by atoms with van der Waals surface area (Å²) in [6, 6.07) is 10.0. The minimum absolute atomic E-state index is 0.0108. The maximum absolute atomic E-state index is 13.4. The number of nitrogens with zero attached hydrogens (tertiary/aromatic N) is 3. The first-order valence-corrected chi connectivity index (χ1v) is 12.8. The average Bonchev–Trinajstić information content (AvgIpc) is 3.36. The van der Waals surface area contributed by atoms with E-state index >= 15 is 0 Å². The highest BCUT2D eigenvalue weighted by molar-refractivity contribution is 6.46. The number of likely N-dealkylation sites (tertiary alicyclic amines) is 1. The maximum Gasteiger partial charge on any atom is 0.295 e. The molecule has 38 heavy (non-hydrogen) atoms. The van der Waals surface area contributed by atoms with Gasteiger partial charge in [-0.15, -0.1) is 0 Å². The number of hydrogen-bond donors (Lipinski definition) is 1. The van der Waals surface area contributed by atoms with Crippen LogP contribution in [0.3, 0.4) is 0 Å². The van der Waals surface area contributed by atoms with Crippen LogP contribution in [-0.4, -0.2) is 65.1 Å². The largest absolute Gasteiger partial charge is 0.505 e. The molecule has 1 amide bonds. The van der Waals surface area contributed by atoms with E-state index in [9.17, 15) is 14.7 Å². The van der Waals surface area contributed by atoms with Crippen molar-refractivity contribution in [1.29, 1.82) is 0 Å². The molecule has 3 aromatic rings. The molecule has 4 rings (SSSR count). The predicted octanol–water partition coefficient (Wildman–Crippen LogP) is 4.53. The van der Waals surface area contributed by atoms with Gasteiger partial charge in [0.2, 0.25) is 0 Å². The van der Waals surface area contributed by atoms with Crippen molar-refractivity contribution in [1.82, 2.24) is 14.3 Å². The van der Waals surface area contributed by atoms with Crippen LogP contribution in [-0.2, 0) is 14.3 Å². The van der Waals surface area contributed by atoms with Gasteiger partial charge in [-0.25, -0.2) is 4.98 Å². The number of aryl methyl sites for hydroxylation is 1. The van der Waals surface area contributed by atoms with E-state index in [1.165, 1.54) is 4.90 Å². The molecule has 1 N–H and O–H groups in total. The number of rotatable bonds is 11. The lowest BCUT2D eigenvalue weighted by molar-refractivity contribution is -0.140. The van der Waals surface area contributed by atoms with Gasteiger partial charge < -0.3 is 24.2 Å². The molecule has 1 aliphatic rings. The van der Waals surface area contributed by atoms with Crippen molar-refractivity contribution in [3.05, 3.63) is 65.1 Å². The maximum atomic E-state index is 13.4. The predicted molar refractivity (Wildman–Crippen MR) is 143 cm³/mol. The number of aliphatic hydroxyl groups is 1. The normalized spacial score (nSPS) is 17.1. The molecule has 9 heteroatoms. The van der Waals surface area contributed by atoms with Crippen molar-refractivity contribution in [2.45, 2.75) is 39.7 Å². The Hall–Kier alpha value is -3.85. The third-order valence-electron chi connectivity index (χ3n) is 6.67. The fourth-order valence-corrected chi connectivity index (χ4v) is 4.74. The molecule has 0 saturated carbocycles. The molecule has 1 aromatic carbocycles. The Labute approximate surface area is 222 Å². The average molecular weight is 522 g/mol. The third-order valence-corrected chi connectivity index (χ3v) is 6.67. The second-order valence-corrected chi connectivity index (χ2v) is 9.75. The molecule has 2 aromatic heterocycles. The van der Waals surface area contributed by atoms with Crippen LogP contribution in [0.25, 0.3) is 11.4 Å². The van der Waals surface area contributed by atoms with Crippen molar-refractivity contribution in [3.63, 3.8) is 0 Å². The van der Waals surface area contributed by atoms with E-state index in [1.807, 2.05) is 24.3 Å². The van der Waals surface area contributed by atoms with E-state index in [1.54, 1.807) is 43.9 Å². The van der Waals surface area contributed by atoms with Crippen LogP contribution in [0.5, 0.6) is 11.5 Å². The van der Waals surface area contributed by atoms with E-state index in [-0.39, 0.29) is 17.9 Å². The van der Waals surface area contributed by atoms with Gasteiger partial charge in [-0.3, -0.25) is 14.0 Å². The van der Waals surface area contributed by atoms with Gasteiger partial charge in [0.1, 0.15) is 11.3 Å². The number of pyridine rings is 1. The van der Waals surface area contributed by atoms with Gasteiger partial charge in [0.25, 0.3) is 11.7 Å². The number of Topliss-reactive ketones (excluding diaryl/α,β-unsaturated/α-hetero) is 1. The lowest BCUT2D eigenvalue weighted by Crippen LogP contribution is -2.31. The number of carbonyl (C=O) groups excluding carboxylic acids is 2. The van der Waals surface area contributed by atoms with Crippen LogP contribution in [0.1, 0.15) is 49.7 Å². The fraction of sp³-hybridized carbons (Fsp3) is 0.414. The van der Waals surface area contributed by atoms with E-state index < -0.39 is 17.7 Å². The number of fused-ring (bicyclic) bond motifs is 1. The second kappa shape index (κ2) is 11.7. The molecule has 202 valence electrons. The number of hydrogen-bond acceptors (Lipinski definition) is 7. The van der Waals surface area contributed by atoms with E-state index in [4.69, 9.17) is 14.2 Å². The number of amides is 1. The van der Waals surface area contributed by atoms with E-state index in [2.05, 4.69) is 18.8 Å². The number of aliphatic hydroxyl groups excluding tert-OH is 1. The molecule has 0 bridgehead atoms. The number of ketones is 1. The van der Waals surface area contributed by atoms with Crippen molar-refractivity contribution >= 4 is 23.1 Å². The first kappa shape index (κ1) is 27.2. The minimum atomic E-state index is -0.820. The van der Waals surface area contributed by atoms with E-state index in [0.29, 0.717) is 59.6 Å². The highest BCUT2D eigenvalue weighted by Gasteiger charge is 2.46. The molecule has 0 aliphatic carbocycles. The highest BCUT2D eigenvalue weighted by atomic mass is 16.5. The fourth-order valence-electron chi connectivity index (χ4n) is 4.74. The summed E-state index contributed by atoms with van der Waals surface area (Å²) < 4.78 is 18.4. The molecular weight excluding hydrogens is 486 g/mol. The molecule has 9 nitrogen and oxygen atoms in total. The minimum Gasteiger partial charge on any atom is -0.505 e. The zero-order chi connectivity index (χ0) is 27.4. The number of imidazole rings is 1. The van der Waals surface area contributed by atoms with Crippen LogP contribution in [0.2, 0.25) is 0 Å². The molecule has 1 unspecified atom stereocenters. The van der Waals surface area contributed by atoms with Crippen molar-refractivity contribution in [2.75, 3.05) is 34.0 Å². The highest BCUT2D eigenvalue weighted by Crippen LogP contribution is 2.42. The van der Waals surface area contributed by atoms with Crippen molar-refractivity contribution in [3.8, 4) is 11.5 Å². The molecule has 1 atom stereocenters. The number of ether oxygens (including phenoxy) is 3. The summed E-state index contributed by atoms with van der Waals surface area (Å²) >= 11 is 0. The number of carbonyl (C=O) groups is 2. The van der Waals surface area contributed by atoms with Crippen LogP contribution < -0.4 is 9.47 Å². The Morgan fingerprint density at radius 2 is 1.89 bits per heavy atom. The Morgan fingerprint density at radius 1 is 1.11 bits per heavy atom. The number of aromatic nitrogens is 2. The Kier molecular flexibility index (Phi) is 8.36. The van der Waals surface area contributed by atoms with Gasteiger partial charge in [-0.05, 0) is 55.5 Å². The molecule has 1 saturated heterocycles. The summed E-state index contributed by atoms with van der Waals surface area (Å²) in [5.74, 6) is -0.127. The molecular formula is C29H35N3O6. The smallest absolute Gasteiger partial charge is 0.295 e. The standard InChI is InChI=1S/C29H35N3O6/c1-18(2)12-16-38-21-11-10-20(17-22(21)37-5)26-24(28(34)29(35)32(26)14-8-15-36-4)27(33)25-19(3)30-23-9-6-7-13-31(23)25/h6-7,9-11,13,17-18,26,33H,8,12,14-16H2,1-5H3/b27-24+. The van der Waals surface area contributed by atoms with Gasteiger partial charge in [-0.2, -0.15) is 0 Å². The molecule has 3 heterocycles. The van der Waals surface area contributed by atoms with Crippen molar-refractivity contribution < 1.29 is 28.9 Å². The Bertz CT molecular complexity index is 1360. The summed E-state index contributed by atoms with van der Waals surface area (Å²) in [6.45, 7) is 7.26. The Morgan fingerprint density at radius 3 is 2.61 bits per heavy atom. The first-order chi connectivity index (χ1) is 18.3. The van der Waals surface area contributed by atoms with Gasteiger partial charge in [-0.1, -0.05) is 26.0 Å². The first-order valence-electron chi connectivity index (χ1n) is 12.8. The zero-order valence-corrected chi connectivity index (χ0v) is 22.6.